The van der Waals surface area contributed by atoms with E-state index in [4.69, 9.17) is 4.74 Å². The summed E-state index contributed by atoms with van der Waals surface area (Å²) in [7, 11) is 1.59. The first kappa shape index (κ1) is 19.6. The number of piperazine rings is 1. The molecule has 0 aliphatic carbocycles. The molecule has 2 saturated heterocycles. The zero-order chi connectivity index (χ0) is 19.4. The number of hydrogen-bond donors (Lipinski definition) is 0. The van der Waals surface area contributed by atoms with Crippen LogP contribution in [-0.4, -0.2) is 72.9 Å². The Balaban J connectivity index is 1.53. The van der Waals surface area contributed by atoms with Gasteiger partial charge in [-0.3, -0.25) is 14.5 Å². The average molecular weight is 377 g/mol. The number of amides is 2. The van der Waals surface area contributed by atoms with Crippen molar-refractivity contribution in [3.05, 3.63) is 29.6 Å². The van der Waals surface area contributed by atoms with E-state index in [1.165, 1.54) is 12.1 Å². The Morgan fingerprint density at radius 1 is 1.15 bits per heavy atom. The first-order valence-electron chi connectivity index (χ1n) is 9.57. The second-order valence-corrected chi connectivity index (χ2v) is 7.36. The lowest BCUT2D eigenvalue weighted by atomic mass is 9.96. The molecular weight excluding hydrogens is 349 g/mol. The number of carbonyl (C=O) groups is 2. The van der Waals surface area contributed by atoms with Gasteiger partial charge in [0.15, 0.2) is 0 Å². The summed E-state index contributed by atoms with van der Waals surface area (Å²) in [5, 5.41) is 0. The molecule has 0 radical (unpaired) electrons. The lowest BCUT2D eigenvalue weighted by Crippen LogP contribution is -2.52. The Morgan fingerprint density at radius 2 is 1.89 bits per heavy atom. The fourth-order valence-corrected chi connectivity index (χ4v) is 3.96. The van der Waals surface area contributed by atoms with E-state index in [1.54, 1.807) is 25.0 Å². The van der Waals surface area contributed by atoms with Gasteiger partial charge < -0.3 is 14.5 Å². The maximum atomic E-state index is 13.5. The predicted molar refractivity (Wildman–Crippen MR) is 99.8 cm³/mol. The molecule has 2 amide bonds. The van der Waals surface area contributed by atoms with Gasteiger partial charge in [0.2, 0.25) is 11.8 Å². The van der Waals surface area contributed by atoms with E-state index in [2.05, 4.69) is 4.90 Å². The van der Waals surface area contributed by atoms with Crippen LogP contribution in [-0.2, 0) is 16.1 Å². The predicted octanol–water partition coefficient (Wildman–Crippen LogP) is 1.74. The number of rotatable bonds is 4. The molecule has 0 bridgehead atoms. The van der Waals surface area contributed by atoms with Crippen LogP contribution in [0.1, 0.15) is 25.3 Å². The second-order valence-electron chi connectivity index (χ2n) is 7.36. The molecule has 1 atom stereocenters. The third-order valence-electron chi connectivity index (χ3n) is 5.54. The van der Waals surface area contributed by atoms with Crippen LogP contribution >= 0.6 is 0 Å². The van der Waals surface area contributed by atoms with E-state index in [0.717, 1.165) is 38.0 Å². The molecule has 2 aliphatic rings. The standard InChI is InChI=1S/C20H28FN3O3/c1-15(25)24-7-3-4-16(14-24)20(26)23-10-8-22(9-11-23)13-17-12-18(21)5-6-19(17)27-2/h5-6,12,16H,3-4,7-11,13-14H2,1-2H3/t16-/m0/s1. The van der Waals surface area contributed by atoms with Crippen molar-refractivity contribution < 1.29 is 18.7 Å². The maximum absolute atomic E-state index is 13.5. The van der Waals surface area contributed by atoms with Crippen molar-refractivity contribution in [3.8, 4) is 5.75 Å². The molecule has 0 saturated carbocycles. The van der Waals surface area contributed by atoms with Crippen molar-refractivity contribution in [1.29, 1.82) is 0 Å². The number of methoxy groups -OCH3 is 1. The smallest absolute Gasteiger partial charge is 0.227 e. The molecule has 3 rings (SSSR count). The minimum Gasteiger partial charge on any atom is -0.496 e. The van der Waals surface area contributed by atoms with E-state index < -0.39 is 0 Å². The van der Waals surface area contributed by atoms with Crippen LogP contribution in [0, 0.1) is 11.7 Å². The van der Waals surface area contributed by atoms with Crippen molar-refractivity contribution in [2.24, 2.45) is 5.92 Å². The van der Waals surface area contributed by atoms with Gasteiger partial charge in [0.25, 0.3) is 0 Å². The van der Waals surface area contributed by atoms with Gasteiger partial charge in [-0.1, -0.05) is 0 Å². The van der Waals surface area contributed by atoms with Crippen molar-refractivity contribution in [2.45, 2.75) is 26.3 Å². The average Bonchev–Trinajstić information content (AvgIpc) is 2.68. The summed E-state index contributed by atoms with van der Waals surface area (Å²) in [6.45, 7) is 6.26. The summed E-state index contributed by atoms with van der Waals surface area (Å²) in [6.07, 6.45) is 1.73. The number of piperidine rings is 1. The molecule has 0 aromatic heterocycles. The van der Waals surface area contributed by atoms with Gasteiger partial charge in [-0.2, -0.15) is 0 Å². The van der Waals surface area contributed by atoms with E-state index in [0.29, 0.717) is 31.9 Å². The Bertz CT molecular complexity index is 689. The number of likely N-dealkylation sites (tertiary alicyclic amines) is 1. The first-order valence-corrected chi connectivity index (χ1v) is 9.57. The van der Waals surface area contributed by atoms with Crippen LogP contribution in [0.2, 0.25) is 0 Å². The molecule has 2 heterocycles. The molecule has 2 fully saturated rings. The van der Waals surface area contributed by atoms with Crippen molar-refractivity contribution >= 4 is 11.8 Å². The monoisotopic (exact) mass is 377 g/mol. The number of benzene rings is 1. The van der Waals surface area contributed by atoms with E-state index in [-0.39, 0.29) is 23.5 Å². The van der Waals surface area contributed by atoms with E-state index in [1.807, 2.05) is 4.90 Å². The zero-order valence-electron chi connectivity index (χ0n) is 16.1. The van der Waals surface area contributed by atoms with Crippen LogP contribution in [0.25, 0.3) is 0 Å². The summed E-state index contributed by atoms with van der Waals surface area (Å²) in [4.78, 5) is 30.3. The zero-order valence-corrected chi connectivity index (χ0v) is 16.1. The third-order valence-corrected chi connectivity index (χ3v) is 5.54. The number of nitrogens with zero attached hydrogens (tertiary/aromatic N) is 3. The van der Waals surface area contributed by atoms with Crippen molar-refractivity contribution in [1.82, 2.24) is 14.7 Å². The highest BCUT2D eigenvalue weighted by Gasteiger charge is 2.31. The van der Waals surface area contributed by atoms with Gasteiger partial charge in [-0.15, -0.1) is 0 Å². The van der Waals surface area contributed by atoms with Crippen LogP contribution in [0.15, 0.2) is 18.2 Å². The Hall–Kier alpha value is -2.15. The summed E-state index contributed by atoms with van der Waals surface area (Å²) >= 11 is 0. The van der Waals surface area contributed by atoms with Crippen LogP contribution < -0.4 is 4.74 Å². The molecule has 0 unspecified atom stereocenters. The molecule has 148 valence electrons. The number of hydrogen-bond acceptors (Lipinski definition) is 4. The topological polar surface area (TPSA) is 53.1 Å². The maximum Gasteiger partial charge on any atom is 0.227 e. The van der Waals surface area contributed by atoms with Gasteiger partial charge in [0.05, 0.1) is 13.0 Å². The second kappa shape index (κ2) is 8.69. The number of ether oxygens (including phenoxy) is 1. The van der Waals surface area contributed by atoms with Crippen molar-refractivity contribution in [3.63, 3.8) is 0 Å². The Kier molecular flexibility index (Phi) is 6.31. The van der Waals surface area contributed by atoms with Crippen LogP contribution in [0.5, 0.6) is 5.75 Å². The lowest BCUT2D eigenvalue weighted by molar-refractivity contribution is -0.141. The van der Waals surface area contributed by atoms with Crippen LogP contribution in [0.3, 0.4) is 0 Å². The minimum atomic E-state index is -0.271. The molecule has 27 heavy (non-hydrogen) atoms. The van der Waals surface area contributed by atoms with Gasteiger partial charge >= 0.3 is 0 Å². The quantitative estimate of drug-likeness (QED) is 0.802. The van der Waals surface area contributed by atoms with Gasteiger partial charge in [-0.25, -0.2) is 4.39 Å². The largest absolute Gasteiger partial charge is 0.496 e. The van der Waals surface area contributed by atoms with Gasteiger partial charge in [0, 0.05) is 58.3 Å². The summed E-state index contributed by atoms with van der Waals surface area (Å²) in [6, 6.07) is 4.55. The SMILES string of the molecule is COc1ccc(F)cc1CN1CCN(C(=O)[C@H]2CCCN(C(C)=O)C2)CC1. The molecule has 6 nitrogen and oxygen atoms in total. The molecule has 0 N–H and O–H groups in total. The Labute approximate surface area is 159 Å². The van der Waals surface area contributed by atoms with Gasteiger partial charge in [-0.05, 0) is 31.0 Å². The number of halogens is 1. The minimum absolute atomic E-state index is 0.0429. The first-order chi connectivity index (χ1) is 13.0. The summed E-state index contributed by atoms with van der Waals surface area (Å²) < 4.78 is 18.9. The molecular formula is C20H28FN3O3. The molecule has 0 spiro atoms. The number of carbonyl (C=O) groups excluding carboxylic acids is 2. The summed E-state index contributed by atoms with van der Waals surface area (Å²) in [5.41, 5.74) is 0.821. The fraction of sp³-hybridized carbons (Fsp3) is 0.600. The fourth-order valence-electron chi connectivity index (χ4n) is 3.96. The normalized spacial score (nSPS) is 21.2. The highest BCUT2D eigenvalue weighted by Crippen LogP contribution is 2.23. The molecule has 1 aromatic rings. The summed E-state index contributed by atoms with van der Waals surface area (Å²) in [5.74, 6) is 0.524. The van der Waals surface area contributed by atoms with Crippen molar-refractivity contribution in [2.75, 3.05) is 46.4 Å². The van der Waals surface area contributed by atoms with E-state index >= 15 is 0 Å². The molecule has 1 aromatic carbocycles. The third kappa shape index (κ3) is 4.77. The van der Waals surface area contributed by atoms with Gasteiger partial charge in [0.1, 0.15) is 11.6 Å². The molecule has 2 aliphatic heterocycles. The van der Waals surface area contributed by atoms with E-state index in [9.17, 15) is 14.0 Å². The highest BCUT2D eigenvalue weighted by molar-refractivity contribution is 5.81. The lowest BCUT2D eigenvalue weighted by Gasteiger charge is -2.39. The van der Waals surface area contributed by atoms with Crippen LogP contribution in [0.4, 0.5) is 4.39 Å². The molecule has 7 heteroatoms. The highest BCUT2D eigenvalue weighted by atomic mass is 19.1. The Morgan fingerprint density at radius 3 is 2.56 bits per heavy atom.